The van der Waals surface area contributed by atoms with Crippen molar-refractivity contribution in [2.24, 2.45) is 0 Å². The number of rotatable bonds is 6. The third-order valence-corrected chi connectivity index (χ3v) is 2.67. The lowest BCUT2D eigenvalue weighted by atomic mass is 10.2. The molecule has 1 aromatic rings. The summed E-state index contributed by atoms with van der Waals surface area (Å²) in [6.45, 7) is 3.52. The van der Waals surface area contributed by atoms with Gasteiger partial charge in [-0.2, -0.15) is 0 Å². The van der Waals surface area contributed by atoms with Crippen LogP contribution in [0.25, 0.3) is 0 Å². The third-order valence-electron chi connectivity index (χ3n) is 2.67. The SMILES string of the molecule is Cc1ncc(N)cc1C(=O)NCCCCN(C)C. The van der Waals surface area contributed by atoms with E-state index in [9.17, 15) is 4.79 Å². The average molecular weight is 250 g/mol. The molecule has 0 unspecified atom stereocenters. The number of anilines is 1. The summed E-state index contributed by atoms with van der Waals surface area (Å²) in [6, 6.07) is 1.66. The summed E-state index contributed by atoms with van der Waals surface area (Å²) >= 11 is 0. The van der Waals surface area contributed by atoms with Gasteiger partial charge in [-0.25, -0.2) is 0 Å². The molecule has 5 nitrogen and oxygen atoms in total. The Morgan fingerprint density at radius 3 is 2.83 bits per heavy atom. The fraction of sp³-hybridized carbons (Fsp3) is 0.538. The number of amides is 1. The van der Waals surface area contributed by atoms with E-state index in [4.69, 9.17) is 5.73 Å². The van der Waals surface area contributed by atoms with Gasteiger partial charge in [-0.05, 0) is 46.5 Å². The Kier molecular flexibility index (Phi) is 5.58. The smallest absolute Gasteiger partial charge is 0.253 e. The predicted molar refractivity (Wildman–Crippen MR) is 73.5 cm³/mol. The van der Waals surface area contributed by atoms with Crippen LogP contribution in [0.1, 0.15) is 28.9 Å². The fourth-order valence-corrected chi connectivity index (χ4v) is 1.63. The van der Waals surface area contributed by atoms with Crippen molar-refractivity contribution < 1.29 is 4.79 Å². The van der Waals surface area contributed by atoms with Crippen molar-refractivity contribution in [1.29, 1.82) is 0 Å². The second kappa shape index (κ2) is 6.96. The summed E-state index contributed by atoms with van der Waals surface area (Å²) < 4.78 is 0. The minimum Gasteiger partial charge on any atom is -0.397 e. The number of nitrogen functional groups attached to an aromatic ring is 1. The molecule has 100 valence electrons. The van der Waals surface area contributed by atoms with Gasteiger partial charge >= 0.3 is 0 Å². The van der Waals surface area contributed by atoms with E-state index in [1.165, 1.54) is 0 Å². The average Bonchev–Trinajstić information content (AvgIpc) is 2.31. The molecule has 0 saturated carbocycles. The van der Waals surface area contributed by atoms with Crippen LogP contribution in [0.4, 0.5) is 5.69 Å². The Balaban J connectivity index is 2.39. The standard InChI is InChI=1S/C13H22N4O/c1-10-12(8-11(14)9-16-10)13(18)15-6-4-5-7-17(2)3/h8-9H,4-7,14H2,1-3H3,(H,15,18). The molecule has 3 N–H and O–H groups in total. The quantitative estimate of drug-likeness (QED) is 0.740. The number of aromatic nitrogens is 1. The topological polar surface area (TPSA) is 71.2 Å². The molecule has 1 amide bonds. The van der Waals surface area contributed by atoms with Crippen LogP contribution in [-0.4, -0.2) is 43.0 Å². The first-order valence-corrected chi connectivity index (χ1v) is 6.15. The number of carbonyl (C=O) groups excluding carboxylic acids is 1. The van der Waals surface area contributed by atoms with Crippen LogP contribution in [0, 0.1) is 6.92 Å². The lowest BCUT2D eigenvalue weighted by Crippen LogP contribution is -2.26. The van der Waals surface area contributed by atoms with Gasteiger partial charge in [0.1, 0.15) is 0 Å². The minimum absolute atomic E-state index is 0.0999. The Hall–Kier alpha value is -1.62. The molecule has 1 heterocycles. The van der Waals surface area contributed by atoms with Crippen molar-refractivity contribution in [3.05, 3.63) is 23.5 Å². The van der Waals surface area contributed by atoms with E-state index in [-0.39, 0.29) is 5.91 Å². The predicted octanol–water partition coefficient (Wildman–Crippen LogP) is 1.04. The van der Waals surface area contributed by atoms with Crippen molar-refractivity contribution in [2.75, 3.05) is 32.9 Å². The maximum atomic E-state index is 11.9. The number of nitrogens with zero attached hydrogens (tertiary/aromatic N) is 2. The molecule has 0 spiro atoms. The molecule has 0 atom stereocenters. The van der Waals surface area contributed by atoms with Crippen molar-refractivity contribution >= 4 is 11.6 Å². The number of carbonyl (C=O) groups is 1. The van der Waals surface area contributed by atoms with E-state index in [2.05, 4.69) is 15.2 Å². The van der Waals surface area contributed by atoms with Crippen LogP contribution in [0.2, 0.25) is 0 Å². The lowest BCUT2D eigenvalue weighted by Gasteiger charge is -2.10. The molecule has 0 aliphatic heterocycles. The normalized spacial score (nSPS) is 10.7. The number of nitrogens with two attached hydrogens (primary N) is 1. The number of nitrogens with one attached hydrogen (secondary N) is 1. The first-order chi connectivity index (χ1) is 8.50. The van der Waals surface area contributed by atoms with Crippen LogP contribution in [0.5, 0.6) is 0 Å². The molecular weight excluding hydrogens is 228 g/mol. The van der Waals surface area contributed by atoms with Crippen molar-refractivity contribution in [1.82, 2.24) is 15.2 Å². The highest BCUT2D eigenvalue weighted by Crippen LogP contribution is 2.09. The van der Waals surface area contributed by atoms with E-state index in [1.807, 2.05) is 14.1 Å². The summed E-state index contributed by atoms with van der Waals surface area (Å²) in [5.41, 5.74) is 7.40. The highest BCUT2D eigenvalue weighted by atomic mass is 16.1. The van der Waals surface area contributed by atoms with E-state index in [0.29, 0.717) is 23.5 Å². The maximum Gasteiger partial charge on any atom is 0.253 e. The lowest BCUT2D eigenvalue weighted by molar-refractivity contribution is 0.0952. The van der Waals surface area contributed by atoms with Gasteiger partial charge in [-0.1, -0.05) is 0 Å². The van der Waals surface area contributed by atoms with E-state index < -0.39 is 0 Å². The van der Waals surface area contributed by atoms with Gasteiger partial charge in [-0.15, -0.1) is 0 Å². The van der Waals surface area contributed by atoms with Crippen molar-refractivity contribution in [2.45, 2.75) is 19.8 Å². The van der Waals surface area contributed by atoms with Gasteiger partial charge in [0, 0.05) is 6.54 Å². The summed E-state index contributed by atoms with van der Waals surface area (Å²) in [5, 5.41) is 2.89. The first-order valence-electron chi connectivity index (χ1n) is 6.15. The molecule has 0 fully saturated rings. The molecule has 0 aliphatic rings. The van der Waals surface area contributed by atoms with Gasteiger partial charge in [-0.3, -0.25) is 9.78 Å². The monoisotopic (exact) mass is 250 g/mol. The Morgan fingerprint density at radius 1 is 1.44 bits per heavy atom. The van der Waals surface area contributed by atoms with Crippen LogP contribution < -0.4 is 11.1 Å². The zero-order chi connectivity index (χ0) is 13.5. The largest absolute Gasteiger partial charge is 0.397 e. The van der Waals surface area contributed by atoms with Gasteiger partial charge in [0.15, 0.2) is 0 Å². The number of hydrogen-bond acceptors (Lipinski definition) is 4. The zero-order valence-electron chi connectivity index (χ0n) is 11.4. The Morgan fingerprint density at radius 2 is 2.17 bits per heavy atom. The molecule has 18 heavy (non-hydrogen) atoms. The summed E-state index contributed by atoms with van der Waals surface area (Å²) in [7, 11) is 4.08. The zero-order valence-corrected chi connectivity index (χ0v) is 11.4. The van der Waals surface area contributed by atoms with Crippen LogP contribution in [-0.2, 0) is 0 Å². The number of aryl methyl sites for hydroxylation is 1. The van der Waals surface area contributed by atoms with Crippen LogP contribution in [0.3, 0.4) is 0 Å². The van der Waals surface area contributed by atoms with Gasteiger partial charge in [0.05, 0.1) is 23.1 Å². The number of hydrogen-bond donors (Lipinski definition) is 2. The second-order valence-corrected chi connectivity index (χ2v) is 4.67. The molecule has 0 aromatic carbocycles. The van der Waals surface area contributed by atoms with Crippen LogP contribution in [0.15, 0.2) is 12.3 Å². The highest BCUT2D eigenvalue weighted by Gasteiger charge is 2.09. The van der Waals surface area contributed by atoms with E-state index in [1.54, 1.807) is 19.2 Å². The first kappa shape index (κ1) is 14.4. The molecule has 5 heteroatoms. The number of unbranched alkanes of at least 4 members (excludes halogenated alkanes) is 1. The van der Waals surface area contributed by atoms with E-state index >= 15 is 0 Å². The molecule has 0 bridgehead atoms. The maximum absolute atomic E-state index is 11.9. The van der Waals surface area contributed by atoms with Gasteiger partial charge in [0.2, 0.25) is 0 Å². The molecule has 1 aromatic heterocycles. The van der Waals surface area contributed by atoms with E-state index in [0.717, 1.165) is 19.4 Å². The minimum atomic E-state index is -0.0999. The number of pyridine rings is 1. The highest BCUT2D eigenvalue weighted by molar-refractivity contribution is 5.95. The fourth-order valence-electron chi connectivity index (χ4n) is 1.63. The van der Waals surface area contributed by atoms with Crippen LogP contribution >= 0.6 is 0 Å². The molecule has 0 radical (unpaired) electrons. The summed E-state index contributed by atoms with van der Waals surface area (Å²) in [6.07, 6.45) is 3.60. The molecular formula is C13H22N4O. The molecule has 1 rings (SSSR count). The van der Waals surface area contributed by atoms with Crippen molar-refractivity contribution in [3.63, 3.8) is 0 Å². The molecule has 0 saturated heterocycles. The summed E-state index contributed by atoms with van der Waals surface area (Å²) in [5.74, 6) is -0.0999. The second-order valence-electron chi connectivity index (χ2n) is 4.67. The van der Waals surface area contributed by atoms with Crippen molar-refractivity contribution in [3.8, 4) is 0 Å². The Bertz CT molecular complexity index is 404. The summed E-state index contributed by atoms with van der Waals surface area (Å²) in [4.78, 5) is 18.1. The van der Waals surface area contributed by atoms with Gasteiger partial charge in [0.25, 0.3) is 5.91 Å². The third kappa shape index (κ3) is 4.71. The Labute approximate surface area is 108 Å². The molecule has 0 aliphatic carbocycles. The van der Waals surface area contributed by atoms with Gasteiger partial charge < -0.3 is 16.0 Å².